The van der Waals surface area contributed by atoms with E-state index in [1.165, 1.54) is 25.7 Å². The van der Waals surface area contributed by atoms with Gasteiger partial charge >= 0.3 is 0 Å². The molecular formula is C15H18N2O. The maximum atomic E-state index is 8.80. The molecule has 3 atom stereocenters. The Balaban J connectivity index is 1.71. The van der Waals surface area contributed by atoms with E-state index in [0.717, 1.165) is 12.1 Å². The molecule has 3 heteroatoms. The van der Waals surface area contributed by atoms with E-state index in [-0.39, 0.29) is 6.23 Å². The van der Waals surface area contributed by atoms with Gasteiger partial charge in [0.25, 0.3) is 0 Å². The summed E-state index contributed by atoms with van der Waals surface area (Å²) < 4.78 is 6.16. The Morgan fingerprint density at radius 3 is 2.72 bits per heavy atom. The fraction of sp³-hybridized carbons (Fsp3) is 0.533. The molecule has 1 unspecified atom stereocenters. The lowest BCUT2D eigenvalue weighted by molar-refractivity contribution is -0.109. The number of fused-ring (bicyclic) bond motifs is 1. The van der Waals surface area contributed by atoms with Crippen molar-refractivity contribution in [3.63, 3.8) is 0 Å². The topological polar surface area (TPSA) is 45.0 Å². The summed E-state index contributed by atoms with van der Waals surface area (Å²) in [6, 6.07) is 9.82. The third-order valence-electron chi connectivity index (χ3n) is 4.06. The Hall–Kier alpha value is -1.37. The number of ether oxygens (including phenoxy) is 1. The first-order valence-electron chi connectivity index (χ1n) is 6.76. The second kappa shape index (κ2) is 5.09. The average Bonchev–Trinajstić information content (AvgIpc) is 2.47. The maximum Gasteiger partial charge on any atom is 0.134 e. The Morgan fingerprint density at radius 2 is 1.94 bits per heavy atom. The Morgan fingerprint density at radius 1 is 1.17 bits per heavy atom. The van der Waals surface area contributed by atoms with Crippen molar-refractivity contribution in [2.24, 2.45) is 5.92 Å². The van der Waals surface area contributed by atoms with Crippen LogP contribution in [0.1, 0.15) is 43.0 Å². The van der Waals surface area contributed by atoms with Crippen LogP contribution in [0, 0.1) is 17.2 Å². The summed E-state index contributed by atoms with van der Waals surface area (Å²) in [5, 5.41) is 12.3. The van der Waals surface area contributed by atoms with Crippen LogP contribution in [0.3, 0.4) is 0 Å². The van der Waals surface area contributed by atoms with E-state index < -0.39 is 0 Å². The van der Waals surface area contributed by atoms with Crippen LogP contribution in [-0.4, -0.2) is 12.6 Å². The molecule has 18 heavy (non-hydrogen) atoms. The van der Waals surface area contributed by atoms with Gasteiger partial charge in [-0.3, -0.25) is 5.32 Å². The second-order valence-electron chi connectivity index (χ2n) is 5.24. The molecule has 2 fully saturated rings. The van der Waals surface area contributed by atoms with Crippen LogP contribution < -0.4 is 5.32 Å². The number of nitriles is 1. The van der Waals surface area contributed by atoms with Crippen molar-refractivity contribution in [1.29, 1.82) is 5.26 Å². The highest BCUT2D eigenvalue weighted by Crippen LogP contribution is 2.33. The molecule has 0 amide bonds. The van der Waals surface area contributed by atoms with E-state index in [2.05, 4.69) is 11.4 Å². The zero-order valence-electron chi connectivity index (χ0n) is 10.4. The highest BCUT2D eigenvalue weighted by molar-refractivity contribution is 5.32. The molecule has 1 N–H and O–H groups in total. The minimum Gasteiger partial charge on any atom is -0.356 e. The largest absolute Gasteiger partial charge is 0.356 e. The lowest BCUT2D eigenvalue weighted by atomic mass is 9.85. The molecular weight excluding hydrogens is 224 g/mol. The van der Waals surface area contributed by atoms with Gasteiger partial charge in [0.15, 0.2) is 0 Å². The molecule has 1 aliphatic heterocycles. The van der Waals surface area contributed by atoms with Crippen molar-refractivity contribution in [1.82, 2.24) is 5.32 Å². The second-order valence-corrected chi connectivity index (χ2v) is 5.24. The lowest BCUT2D eigenvalue weighted by Crippen LogP contribution is -2.45. The van der Waals surface area contributed by atoms with E-state index in [9.17, 15) is 0 Å². The maximum absolute atomic E-state index is 8.80. The van der Waals surface area contributed by atoms with Crippen LogP contribution in [0.2, 0.25) is 0 Å². The molecule has 2 aliphatic rings. The number of rotatable bonds is 1. The first-order chi connectivity index (χ1) is 8.86. The van der Waals surface area contributed by atoms with E-state index >= 15 is 0 Å². The van der Waals surface area contributed by atoms with Gasteiger partial charge in [-0.1, -0.05) is 25.0 Å². The SMILES string of the molecule is N#Cc1ccc(C2NC[C@H]3CCCC[C@@H]3O2)cc1. The van der Waals surface area contributed by atoms with Crippen molar-refractivity contribution >= 4 is 0 Å². The van der Waals surface area contributed by atoms with Crippen molar-refractivity contribution in [3.05, 3.63) is 35.4 Å². The molecule has 3 nitrogen and oxygen atoms in total. The van der Waals surface area contributed by atoms with Crippen LogP contribution in [0.25, 0.3) is 0 Å². The van der Waals surface area contributed by atoms with Gasteiger partial charge in [0.1, 0.15) is 6.23 Å². The van der Waals surface area contributed by atoms with Crippen LogP contribution in [0.5, 0.6) is 0 Å². The third-order valence-corrected chi connectivity index (χ3v) is 4.06. The smallest absolute Gasteiger partial charge is 0.134 e. The van der Waals surface area contributed by atoms with E-state index in [4.69, 9.17) is 10.00 Å². The minimum absolute atomic E-state index is 0.00269. The highest BCUT2D eigenvalue weighted by atomic mass is 16.5. The number of hydrogen-bond acceptors (Lipinski definition) is 3. The van der Waals surface area contributed by atoms with Gasteiger partial charge in [-0.25, -0.2) is 0 Å². The van der Waals surface area contributed by atoms with Gasteiger partial charge in [0.05, 0.1) is 17.7 Å². The predicted molar refractivity (Wildman–Crippen MR) is 68.7 cm³/mol. The van der Waals surface area contributed by atoms with Crippen molar-refractivity contribution in [2.75, 3.05) is 6.54 Å². The fourth-order valence-corrected chi connectivity index (χ4v) is 3.00. The van der Waals surface area contributed by atoms with Crippen LogP contribution in [0.4, 0.5) is 0 Å². The summed E-state index contributed by atoms with van der Waals surface area (Å²) in [5.74, 6) is 0.688. The molecule has 1 heterocycles. The normalized spacial score (nSPS) is 31.4. The zero-order valence-corrected chi connectivity index (χ0v) is 10.4. The predicted octanol–water partition coefficient (Wildman–Crippen LogP) is 2.74. The molecule has 1 aliphatic carbocycles. The Labute approximate surface area is 108 Å². The van der Waals surface area contributed by atoms with Crippen molar-refractivity contribution in [3.8, 4) is 6.07 Å². The molecule has 1 aromatic carbocycles. The first-order valence-corrected chi connectivity index (χ1v) is 6.76. The fourth-order valence-electron chi connectivity index (χ4n) is 3.00. The Bertz CT molecular complexity index is 449. The zero-order chi connectivity index (χ0) is 12.4. The van der Waals surface area contributed by atoms with Crippen LogP contribution in [-0.2, 0) is 4.74 Å². The molecule has 0 radical (unpaired) electrons. The quantitative estimate of drug-likeness (QED) is 0.823. The first kappa shape index (κ1) is 11.7. The molecule has 0 bridgehead atoms. The third kappa shape index (κ3) is 2.27. The highest BCUT2D eigenvalue weighted by Gasteiger charge is 2.33. The van der Waals surface area contributed by atoms with Gasteiger partial charge in [-0.2, -0.15) is 5.26 Å². The standard InChI is InChI=1S/C15H18N2O/c16-9-11-5-7-12(8-6-11)15-17-10-13-3-1-2-4-14(13)18-15/h5-8,13-15,17H,1-4,10H2/t13-,14+,15?/m1/s1. The molecule has 1 saturated heterocycles. The molecule has 0 aromatic heterocycles. The van der Waals surface area contributed by atoms with Gasteiger partial charge in [0.2, 0.25) is 0 Å². The average molecular weight is 242 g/mol. The lowest BCUT2D eigenvalue weighted by Gasteiger charge is -2.40. The summed E-state index contributed by atoms with van der Waals surface area (Å²) in [7, 11) is 0. The molecule has 1 aromatic rings. The molecule has 3 rings (SSSR count). The van der Waals surface area contributed by atoms with E-state index in [0.29, 0.717) is 17.6 Å². The number of hydrogen-bond donors (Lipinski definition) is 1. The molecule has 0 spiro atoms. The molecule has 1 saturated carbocycles. The summed E-state index contributed by atoms with van der Waals surface area (Å²) in [5.41, 5.74) is 1.82. The van der Waals surface area contributed by atoms with Gasteiger partial charge in [-0.05, 0) is 36.5 Å². The summed E-state index contributed by atoms with van der Waals surface area (Å²) >= 11 is 0. The number of nitrogens with one attached hydrogen (secondary N) is 1. The van der Waals surface area contributed by atoms with Gasteiger partial charge < -0.3 is 4.74 Å². The van der Waals surface area contributed by atoms with Gasteiger partial charge in [0, 0.05) is 6.54 Å². The summed E-state index contributed by atoms with van der Waals surface area (Å²) in [6.07, 6.45) is 5.53. The monoisotopic (exact) mass is 242 g/mol. The van der Waals surface area contributed by atoms with Crippen LogP contribution >= 0.6 is 0 Å². The molecule has 94 valence electrons. The summed E-state index contributed by atoms with van der Waals surface area (Å²) in [4.78, 5) is 0. The minimum atomic E-state index is -0.00269. The van der Waals surface area contributed by atoms with Crippen LogP contribution in [0.15, 0.2) is 24.3 Å². The number of benzene rings is 1. The van der Waals surface area contributed by atoms with Crippen molar-refractivity contribution < 1.29 is 4.74 Å². The Kier molecular flexibility index (Phi) is 3.31. The van der Waals surface area contributed by atoms with E-state index in [1.807, 2.05) is 24.3 Å². The van der Waals surface area contributed by atoms with Gasteiger partial charge in [-0.15, -0.1) is 0 Å². The number of nitrogens with zero attached hydrogens (tertiary/aromatic N) is 1. The van der Waals surface area contributed by atoms with E-state index in [1.54, 1.807) is 0 Å². The summed E-state index contributed by atoms with van der Waals surface area (Å²) in [6.45, 7) is 1.05. The van der Waals surface area contributed by atoms with Crippen molar-refractivity contribution in [2.45, 2.75) is 38.0 Å².